The molecule has 1 aromatic heterocycles. The van der Waals surface area contributed by atoms with Gasteiger partial charge in [-0.25, -0.2) is 15.0 Å². The predicted molar refractivity (Wildman–Crippen MR) is 120 cm³/mol. The first-order chi connectivity index (χ1) is 15.3. The van der Waals surface area contributed by atoms with Crippen LogP contribution in [-0.4, -0.2) is 78.0 Å². The van der Waals surface area contributed by atoms with E-state index in [-0.39, 0.29) is 11.8 Å². The Balaban J connectivity index is 2.38. The van der Waals surface area contributed by atoms with Crippen LogP contribution in [0, 0.1) is 11.5 Å². The maximum Gasteiger partial charge on any atom is 0.408 e. The van der Waals surface area contributed by atoms with Crippen LogP contribution >= 0.6 is 11.8 Å². The molecule has 10 nitrogen and oxygen atoms in total. The number of halogens is 3. The van der Waals surface area contributed by atoms with E-state index in [1.165, 1.54) is 24.0 Å². The maximum absolute atomic E-state index is 12.2. The number of hydrogen-bond donors (Lipinski definition) is 4. The number of aliphatic imine (C=N–C) groups is 2. The molecule has 0 radical (unpaired) electrons. The molecular weight excluding hydrogens is 445 g/mol. The van der Waals surface area contributed by atoms with Crippen LogP contribution in [0.2, 0.25) is 0 Å². The highest BCUT2D eigenvalue weighted by atomic mass is 32.2. The molecule has 5 N–H and O–H groups in total. The van der Waals surface area contributed by atoms with Crippen LogP contribution in [0.15, 0.2) is 27.4 Å². The molecule has 32 heavy (non-hydrogen) atoms. The fraction of sp³-hybridized carbons (Fsp3) is 0.611. The van der Waals surface area contributed by atoms with E-state index in [9.17, 15) is 13.2 Å². The molecule has 0 spiro atoms. The van der Waals surface area contributed by atoms with Crippen LogP contribution in [-0.2, 0) is 0 Å². The summed E-state index contributed by atoms with van der Waals surface area (Å²) in [4.78, 5) is 17.5. The lowest BCUT2D eigenvalue weighted by molar-refractivity contribution is -0.118. The van der Waals surface area contributed by atoms with Crippen LogP contribution in [0.25, 0.3) is 0 Å². The number of likely N-dealkylation sites (N-methyl/N-ethyl adjacent to an activating group) is 1. The number of guanidine groups is 2. The van der Waals surface area contributed by atoms with Crippen molar-refractivity contribution in [2.75, 3.05) is 50.3 Å². The molecule has 0 saturated carbocycles. The predicted octanol–water partition coefficient (Wildman–Crippen LogP) is 1.61. The van der Waals surface area contributed by atoms with E-state index in [1.54, 1.807) is 6.19 Å². The number of rotatable bonds is 12. The van der Waals surface area contributed by atoms with Gasteiger partial charge >= 0.3 is 6.18 Å². The highest BCUT2D eigenvalue weighted by molar-refractivity contribution is 7.99. The summed E-state index contributed by atoms with van der Waals surface area (Å²) in [6.45, 7) is 6.84. The molecule has 1 rings (SSSR count). The minimum atomic E-state index is -4.42. The second-order valence-corrected chi connectivity index (χ2v) is 7.37. The summed E-state index contributed by atoms with van der Waals surface area (Å²) >= 11 is 1.38. The quantitative estimate of drug-likeness (QED) is 0.0888. The van der Waals surface area contributed by atoms with Gasteiger partial charge in [0.1, 0.15) is 12.4 Å². The SMILES string of the molecule is CCN(CC)CCN/C(=N/C#N)NCCCSc1nccc(N/C(N)=N\CC(F)(F)F)n1. The molecule has 0 fully saturated rings. The molecule has 0 aromatic carbocycles. The smallest absolute Gasteiger partial charge is 0.370 e. The summed E-state index contributed by atoms with van der Waals surface area (Å²) in [5.41, 5.74) is 5.44. The van der Waals surface area contributed by atoms with E-state index in [1.807, 2.05) is 0 Å². The zero-order valence-corrected chi connectivity index (χ0v) is 18.9. The molecule has 0 unspecified atom stereocenters. The van der Waals surface area contributed by atoms with Crippen LogP contribution < -0.4 is 21.7 Å². The molecule has 0 atom stereocenters. The van der Waals surface area contributed by atoms with Gasteiger partial charge in [0.15, 0.2) is 11.1 Å². The Morgan fingerprint density at radius 1 is 1.28 bits per heavy atom. The van der Waals surface area contributed by atoms with Gasteiger partial charge in [0.2, 0.25) is 12.2 Å². The third-order valence-corrected chi connectivity index (χ3v) is 4.89. The van der Waals surface area contributed by atoms with Crippen molar-refractivity contribution in [2.24, 2.45) is 15.7 Å². The molecule has 0 amide bonds. The summed E-state index contributed by atoms with van der Waals surface area (Å²) in [5.74, 6) is 0.984. The first-order valence-electron chi connectivity index (χ1n) is 10.0. The summed E-state index contributed by atoms with van der Waals surface area (Å²) in [6, 6.07) is 1.48. The van der Waals surface area contributed by atoms with Crippen molar-refractivity contribution < 1.29 is 13.2 Å². The van der Waals surface area contributed by atoms with Gasteiger partial charge in [0, 0.05) is 31.6 Å². The van der Waals surface area contributed by atoms with Crippen molar-refractivity contribution in [2.45, 2.75) is 31.6 Å². The average molecular weight is 475 g/mol. The summed E-state index contributed by atoms with van der Waals surface area (Å²) in [5, 5.41) is 18.0. The number of thioether (sulfide) groups is 1. The Morgan fingerprint density at radius 3 is 2.66 bits per heavy atom. The van der Waals surface area contributed by atoms with Crippen molar-refractivity contribution in [1.82, 2.24) is 25.5 Å². The summed E-state index contributed by atoms with van der Waals surface area (Å²) in [7, 11) is 0. The molecule has 0 aliphatic rings. The zero-order valence-electron chi connectivity index (χ0n) is 18.1. The minimum absolute atomic E-state index is 0.255. The Hall–Kier alpha value is -2.79. The van der Waals surface area contributed by atoms with Crippen LogP contribution in [0.4, 0.5) is 19.0 Å². The number of alkyl halides is 3. The van der Waals surface area contributed by atoms with E-state index in [4.69, 9.17) is 11.0 Å². The average Bonchev–Trinajstić information content (AvgIpc) is 2.75. The topological polar surface area (TPSA) is 140 Å². The standard InChI is InChI=1S/C18H29F3N10S/c1-3-31(4-2)10-9-25-16(28-13-22)24-7-5-11-32-17-26-8-6-14(30-17)29-15(23)27-12-18(19,20)21/h6,8H,3-5,7,9-12H2,1-2H3,(H2,24,25,28)(H3,23,26,27,29,30). The molecule has 14 heteroatoms. The highest BCUT2D eigenvalue weighted by Gasteiger charge is 2.26. The summed E-state index contributed by atoms with van der Waals surface area (Å²) < 4.78 is 36.5. The number of nitrogens with two attached hydrogens (primary N) is 1. The molecule has 178 valence electrons. The van der Waals surface area contributed by atoms with Gasteiger partial charge in [-0.2, -0.15) is 18.4 Å². The minimum Gasteiger partial charge on any atom is -0.370 e. The Bertz CT molecular complexity index is 775. The first-order valence-corrected chi connectivity index (χ1v) is 11.0. The van der Waals surface area contributed by atoms with E-state index in [2.05, 4.69) is 54.7 Å². The van der Waals surface area contributed by atoms with E-state index >= 15 is 0 Å². The van der Waals surface area contributed by atoms with Gasteiger partial charge in [-0.05, 0) is 25.6 Å². The lowest BCUT2D eigenvalue weighted by Gasteiger charge is -2.19. The Morgan fingerprint density at radius 2 is 2.00 bits per heavy atom. The van der Waals surface area contributed by atoms with Crippen LogP contribution in [0.5, 0.6) is 0 Å². The fourth-order valence-electron chi connectivity index (χ4n) is 2.33. The summed E-state index contributed by atoms with van der Waals surface area (Å²) in [6.07, 6.45) is -0.435. The number of hydrogen-bond acceptors (Lipinski definition) is 7. The monoisotopic (exact) mass is 474 g/mol. The van der Waals surface area contributed by atoms with Gasteiger partial charge < -0.3 is 26.6 Å². The van der Waals surface area contributed by atoms with Crippen LogP contribution in [0.1, 0.15) is 20.3 Å². The van der Waals surface area contributed by atoms with Gasteiger partial charge in [0.25, 0.3) is 0 Å². The Kier molecular flexibility index (Phi) is 12.8. The van der Waals surface area contributed by atoms with E-state index < -0.39 is 12.7 Å². The molecular formula is C18H29F3N10S. The number of nitrogens with zero attached hydrogens (tertiary/aromatic N) is 6. The van der Waals surface area contributed by atoms with Crippen molar-refractivity contribution in [1.29, 1.82) is 5.26 Å². The van der Waals surface area contributed by atoms with Gasteiger partial charge in [-0.15, -0.1) is 4.99 Å². The molecule has 0 aliphatic heterocycles. The van der Waals surface area contributed by atoms with Crippen LogP contribution in [0.3, 0.4) is 0 Å². The zero-order chi connectivity index (χ0) is 23.8. The second kappa shape index (κ2) is 15.1. The maximum atomic E-state index is 12.2. The molecule has 0 aliphatic carbocycles. The second-order valence-electron chi connectivity index (χ2n) is 6.31. The van der Waals surface area contributed by atoms with Gasteiger partial charge in [-0.1, -0.05) is 25.6 Å². The normalized spacial score (nSPS) is 12.5. The van der Waals surface area contributed by atoms with Crippen molar-refractivity contribution >= 4 is 29.5 Å². The third kappa shape index (κ3) is 12.8. The lowest BCUT2D eigenvalue weighted by atomic mass is 10.4. The molecule has 1 heterocycles. The fourth-order valence-corrected chi connectivity index (χ4v) is 3.10. The van der Waals surface area contributed by atoms with Crippen molar-refractivity contribution in [3.63, 3.8) is 0 Å². The number of anilines is 1. The van der Waals surface area contributed by atoms with Gasteiger partial charge in [0.05, 0.1) is 0 Å². The third-order valence-electron chi connectivity index (χ3n) is 3.94. The highest BCUT2D eigenvalue weighted by Crippen LogP contribution is 2.16. The number of nitrogens with one attached hydrogen (secondary N) is 3. The Labute approximate surface area is 190 Å². The number of aromatic nitrogens is 2. The molecule has 1 aromatic rings. The van der Waals surface area contributed by atoms with Crippen molar-refractivity contribution in [3.05, 3.63) is 12.3 Å². The first kappa shape index (κ1) is 27.2. The molecule has 0 saturated heterocycles. The largest absolute Gasteiger partial charge is 0.408 e. The number of nitriles is 1. The van der Waals surface area contributed by atoms with E-state index in [0.29, 0.717) is 30.0 Å². The lowest BCUT2D eigenvalue weighted by Crippen LogP contribution is -2.41. The van der Waals surface area contributed by atoms with E-state index in [0.717, 1.165) is 26.1 Å². The van der Waals surface area contributed by atoms with Gasteiger partial charge in [-0.3, -0.25) is 0 Å². The van der Waals surface area contributed by atoms with Crippen molar-refractivity contribution in [3.8, 4) is 6.19 Å². The molecule has 0 bridgehead atoms.